The van der Waals surface area contributed by atoms with Gasteiger partial charge in [-0.2, -0.15) is 0 Å². The van der Waals surface area contributed by atoms with E-state index in [0.717, 1.165) is 0 Å². The van der Waals surface area contributed by atoms with Gasteiger partial charge in [0.25, 0.3) is 0 Å². The Balaban J connectivity index is 2.67. The van der Waals surface area contributed by atoms with Crippen molar-refractivity contribution in [1.29, 1.82) is 0 Å². The molecule has 0 heterocycles. The van der Waals surface area contributed by atoms with Gasteiger partial charge in [0.05, 0.1) is 0 Å². The molecule has 0 aromatic heterocycles. The van der Waals surface area contributed by atoms with Gasteiger partial charge in [0.1, 0.15) is 18.0 Å². The second-order valence-corrected chi connectivity index (χ2v) is 5.38. The number of nitrogens with one attached hydrogen (secondary N) is 1. The van der Waals surface area contributed by atoms with E-state index in [2.05, 4.69) is 5.32 Å². The van der Waals surface area contributed by atoms with Crippen LogP contribution in [0.15, 0.2) is 24.3 Å². The summed E-state index contributed by atoms with van der Waals surface area (Å²) >= 11 is 0. The van der Waals surface area contributed by atoms with Gasteiger partial charge in [0.15, 0.2) is 0 Å². The number of aliphatic hydroxyl groups excluding tert-OH is 1. The highest BCUT2D eigenvalue weighted by Crippen LogP contribution is 2.08. The number of hydrogen-bond acceptors (Lipinski definition) is 3. The normalized spacial score (nSPS) is 13.8. The lowest BCUT2D eigenvalue weighted by atomic mass is 10.0. The van der Waals surface area contributed by atoms with Crippen LogP contribution >= 0.6 is 0 Å². The first-order valence-corrected chi connectivity index (χ1v) is 6.75. The molecular weight excluding hydrogens is 277 g/mol. The number of aliphatic hydroxyl groups is 1. The van der Waals surface area contributed by atoms with Crippen LogP contribution in [0, 0.1) is 11.7 Å². The van der Waals surface area contributed by atoms with Crippen LogP contribution in [0.25, 0.3) is 0 Å². The summed E-state index contributed by atoms with van der Waals surface area (Å²) in [5.41, 5.74) is 0.586. The van der Waals surface area contributed by atoms with Gasteiger partial charge in [-0.15, -0.1) is 0 Å². The Kier molecular flexibility index (Phi) is 6.30. The van der Waals surface area contributed by atoms with Gasteiger partial charge in [-0.25, -0.2) is 9.18 Å². The summed E-state index contributed by atoms with van der Waals surface area (Å²) in [5.74, 6) is -2.21. The molecule has 0 fully saturated rings. The molecule has 1 aromatic rings. The molecule has 1 amide bonds. The van der Waals surface area contributed by atoms with Crippen LogP contribution in [0.5, 0.6) is 0 Å². The van der Waals surface area contributed by atoms with Crippen LogP contribution < -0.4 is 5.32 Å². The lowest BCUT2D eigenvalue weighted by molar-refractivity contribution is -0.143. The second kappa shape index (κ2) is 7.73. The monoisotopic (exact) mass is 297 g/mol. The van der Waals surface area contributed by atoms with Gasteiger partial charge in [-0.05, 0) is 30.0 Å². The van der Waals surface area contributed by atoms with Crippen LogP contribution in [-0.2, 0) is 16.0 Å². The third-order valence-electron chi connectivity index (χ3n) is 2.96. The van der Waals surface area contributed by atoms with Crippen molar-refractivity contribution in [2.75, 3.05) is 0 Å². The average molecular weight is 297 g/mol. The first-order chi connectivity index (χ1) is 9.79. The number of aliphatic carboxylic acids is 1. The Labute approximate surface area is 122 Å². The molecule has 0 aliphatic rings. The highest BCUT2D eigenvalue weighted by atomic mass is 19.1. The van der Waals surface area contributed by atoms with Crippen LogP contribution in [0.3, 0.4) is 0 Å². The van der Waals surface area contributed by atoms with Crippen molar-refractivity contribution in [3.63, 3.8) is 0 Å². The van der Waals surface area contributed by atoms with Crippen LogP contribution in [0.4, 0.5) is 4.39 Å². The minimum Gasteiger partial charge on any atom is -0.480 e. The smallest absolute Gasteiger partial charge is 0.326 e. The van der Waals surface area contributed by atoms with E-state index in [1.807, 2.05) is 13.8 Å². The standard InChI is InChI=1S/C15H20FNO4/c1-9(2)7-13(18)14(19)17-12(15(20)21)8-10-3-5-11(16)6-4-10/h3-6,9,12-13,18H,7-8H2,1-2H3,(H,17,19)(H,20,21)/t12-,13-/m0/s1. The summed E-state index contributed by atoms with van der Waals surface area (Å²) in [4.78, 5) is 22.9. The fraction of sp³-hybridized carbons (Fsp3) is 0.467. The number of carboxylic acid groups (broad SMARTS) is 1. The fourth-order valence-corrected chi connectivity index (χ4v) is 1.88. The number of carbonyl (C=O) groups excluding carboxylic acids is 1. The van der Waals surface area contributed by atoms with Gasteiger partial charge in [-0.3, -0.25) is 4.79 Å². The van der Waals surface area contributed by atoms with Crippen LogP contribution in [0.1, 0.15) is 25.8 Å². The Bertz CT molecular complexity index is 487. The van der Waals surface area contributed by atoms with Gasteiger partial charge >= 0.3 is 5.97 Å². The molecule has 21 heavy (non-hydrogen) atoms. The molecule has 2 atom stereocenters. The fourth-order valence-electron chi connectivity index (χ4n) is 1.88. The molecule has 0 unspecified atom stereocenters. The third-order valence-corrected chi connectivity index (χ3v) is 2.96. The quantitative estimate of drug-likeness (QED) is 0.709. The van der Waals surface area contributed by atoms with Gasteiger partial charge < -0.3 is 15.5 Å². The molecule has 0 aliphatic carbocycles. The van der Waals surface area contributed by atoms with E-state index in [4.69, 9.17) is 5.11 Å². The van der Waals surface area contributed by atoms with Crippen molar-refractivity contribution < 1.29 is 24.2 Å². The topological polar surface area (TPSA) is 86.6 Å². The summed E-state index contributed by atoms with van der Waals surface area (Å²) < 4.78 is 12.8. The number of carboxylic acids is 1. The Hall–Kier alpha value is -1.95. The average Bonchev–Trinajstić information content (AvgIpc) is 2.39. The molecule has 0 aliphatic heterocycles. The third kappa shape index (κ3) is 5.91. The zero-order valence-corrected chi connectivity index (χ0v) is 12.0. The first kappa shape index (κ1) is 17.1. The number of rotatable bonds is 7. The maximum Gasteiger partial charge on any atom is 0.326 e. The van der Waals surface area contributed by atoms with E-state index < -0.39 is 29.8 Å². The van der Waals surface area contributed by atoms with E-state index in [-0.39, 0.29) is 18.8 Å². The van der Waals surface area contributed by atoms with Crippen molar-refractivity contribution >= 4 is 11.9 Å². The molecule has 1 aromatic carbocycles. The van der Waals surface area contributed by atoms with E-state index in [0.29, 0.717) is 5.56 Å². The van der Waals surface area contributed by atoms with Gasteiger partial charge in [0.2, 0.25) is 5.91 Å². The maximum absolute atomic E-state index is 12.8. The molecule has 1 rings (SSSR count). The molecule has 3 N–H and O–H groups in total. The van der Waals surface area contributed by atoms with E-state index in [9.17, 15) is 19.1 Å². The zero-order chi connectivity index (χ0) is 16.0. The number of hydrogen-bond donors (Lipinski definition) is 3. The van der Waals surface area contributed by atoms with Crippen LogP contribution in [0.2, 0.25) is 0 Å². The van der Waals surface area contributed by atoms with Crippen molar-refractivity contribution in [2.24, 2.45) is 5.92 Å². The SMILES string of the molecule is CC(C)C[C@H](O)C(=O)N[C@@H](Cc1ccc(F)cc1)C(=O)O. The number of amides is 1. The molecule has 0 saturated heterocycles. The minimum absolute atomic E-state index is 0.0236. The summed E-state index contributed by atoms with van der Waals surface area (Å²) in [6.07, 6.45) is -0.954. The molecular formula is C15H20FNO4. The summed E-state index contributed by atoms with van der Waals surface area (Å²) in [6.45, 7) is 3.70. The lowest BCUT2D eigenvalue weighted by Gasteiger charge is -2.18. The Morgan fingerprint density at radius 3 is 2.29 bits per heavy atom. The number of carbonyl (C=O) groups is 2. The van der Waals surface area contributed by atoms with E-state index in [1.165, 1.54) is 24.3 Å². The van der Waals surface area contributed by atoms with Gasteiger partial charge in [0, 0.05) is 6.42 Å². The maximum atomic E-state index is 12.8. The molecule has 0 saturated carbocycles. The summed E-state index contributed by atoms with van der Waals surface area (Å²) in [7, 11) is 0. The second-order valence-electron chi connectivity index (χ2n) is 5.38. The molecule has 0 radical (unpaired) electrons. The van der Waals surface area contributed by atoms with Gasteiger partial charge in [-0.1, -0.05) is 26.0 Å². The summed E-state index contributed by atoms with van der Waals surface area (Å²) in [6, 6.07) is 4.21. The Morgan fingerprint density at radius 2 is 1.81 bits per heavy atom. The molecule has 5 nitrogen and oxygen atoms in total. The van der Waals surface area contributed by atoms with Crippen molar-refractivity contribution in [2.45, 2.75) is 38.8 Å². The van der Waals surface area contributed by atoms with Crippen LogP contribution in [-0.4, -0.2) is 34.2 Å². The lowest BCUT2D eigenvalue weighted by Crippen LogP contribution is -2.46. The highest BCUT2D eigenvalue weighted by molar-refractivity contribution is 5.86. The Morgan fingerprint density at radius 1 is 1.24 bits per heavy atom. The molecule has 0 bridgehead atoms. The van der Waals surface area contributed by atoms with Crippen molar-refractivity contribution in [1.82, 2.24) is 5.32 Å². The zero-order valence-electron chi connectivity index (χ0n) is 12.0. The summed E-state index contributed by atoms with van der Waals surface area (Å²) in [5, 5.41) is 21.1. The minimum atomic E-state index is -1.24. The number of benzene rings is 1. The van der Waals surface area contributed by atoms with Crippen molar-refractivity contribution in [3.05, 3.63) is 35.6 Å². The van der Waals surface area contributed by atoms with Crippen molar-refractivity contribution in [3.8, 4) is 0 Å². The molecule has 0 spiro atoms. The van der Waals surface area contributed by atoms with E-state index in [1.54, 1.807) is 0 Å². The predicted molar refractivity (Wildman–Crippen MR) is 75.1 cm³/mol. The molecule has 116 valence electrons. The number of halogens is 1. The van der Waals surface area contributed by atoms with E-state index >= 15 is 0 Å². The largest absolute Gasteiger partial charge is 0.480 e. The highest BCUT2D eigenvalue weighted by Gasteiger charge is 2.24. The first-order valence-electron chi connectivity index (χ1n) is 6.75. The molecule has 6 heteroatoms. The predicted octanol–water partition coefficient (Wildman–Crippen LogP) is 1.34.